The number of H-pyrrole nitrogens is 1. The van der Waals surface area contributed by atoms with Crippen molar-refractivity contribution in [2.45, 2.75) is 37.9 Å². The summed E-state index contributed by atoms with van der Waals surface area (Å²) >= 11 is 7.98. The van der Waals surface area contributed by atoms with Crippen LogP contribution in [-0.4, -0.2) is 32.2 Å². The lowest BCUT2D eigenvalue weighted by atomic mass is 10.1. The van der Waals surface area contributed by atoms with Crippen molar-refractivity contribution >= 4 is 51.6 Å². The van der Waals surface area contributed by atoms with Crippen molar-refractivity contribution in [3.8, 4) is 5.69 Å². The Hall–Kier alpha value is -2.75. The van der Waals surface area contributed by atoms with E-state index in [4.69, 9.17) is 12.2 Å². The van der Waals surface area contributed by atoms with Crippen LogP contribution in [-0.2, 0) is 11.2 Å². The molecule has 1 amide bonds. The predicted octanol–water partition coefficient (Wildman–Crippen LogP) is 5.04. The number of aromatic amines is 1. The van der Waals surface area contributed by atoms with E-state index in [1.807, 2.05) is 60.9 Å². The highest BCUT2D eigenvalue weighted by molar-refractivity contribution is 7.99. The molecule has 0 spiro atoms. The third-order valence-electron chi connectivity index (χ3n) is 5.23. The zero-order chi connectivity index (χ0) is 23.4. The number of aromatic nitrogens is 3. The van der Waals surface area contributed by atoms with Crippen LogP contribution in [0.4, 0.5) is 0 Å². The molecule has 0 unspecified atom stereocenters. The molecular weight excluding hydrogens is 472 g/mol. The number of hydrogen-bond donors (Lipinski definition) is 2. The van der Waals surface area contributed by atoms with E-state index in [-0.39, 0.29) is 23.3 Å². The molecule has 0 saturated carbocycles. The van der Waals surface area contributed by atoms with E-state index in [1.54, 1.807) is 0 Å². The van der Waals surface area contributed by atoms with Crippen LogP contribution >= 0.6 is 35.3 Å². The van der Waals surface area contributed by atoms with Crippen molar-refractivity contribution < 1.29 is 4.79 Å². The van der Waals surface area contributed by atoms with Crippen molar-refractivity contribution in [2.75, 3.05) is 5.75 Å². The summed E-state index contributed by atoms with van der Waals surface area (Å²) < 4.78 is 2.87. The first kappa shape index (κ1) is 23.4. The number of thiazole rings is 1. The van der Waals surface area contributed by atoms with E-state index in [9.17, 15) is 9.59 Å². The lowest BCUT2D eigenvalue weighted by Gasteiger charge is -2.13. The van der Waals surface area contributed by atoms with E-state index in [0.717, 1.165) is 24.1 Å². The highest BCUT2D eigenvalue weighted by atomic mass is 32.2. The summed E-state index contributed by atoms with van der Waals surface area (Å²) in [4.78, 5) is 32.5. The SMILES string of the molecule is Cc1ccccc1-n1c(=S)sc2c(=O)[nH]c(SCC(=O)N[C@H](C)CCc3ccccc3)nc21. The van der Waals surface area contributed by atoms with Crippen LogP contribution in [0.2, 0.25) is 0 Å². The van der Waals surface area contributed by atoms with Crippen LogP contribution in [0.15, 0.2) is 64.5 Å². The Balaban J connectivity index is 1.45. The number of fused-ring (bicyclic) bond motifs is 1. The maximum absolute atomic E-state index is 12.7. The quantitative estimate of drug-likeness (QED) is 0.203. The largest absolute Gasteiger partial charge is 0.353 e. The number of carbonyl (C=O) groups excluding carboxylic acids is 1. The van der Waals surface area contributed by atoms with E-state index < -0.39 is 0 Å². The summed E-state index contributed by atoms with van der Waals surface area (Å²) in [7, 11) is 0. The standard InChI is InChI=1S/C24H24N4O2S3/c1-15-8-6-7-11-18(15)28-21-20(33-24(28)31)22(30)27-23(26-21)32-14-19(29)25-16(2)12-13-17-9-4-3-5-10-17/h3-11,16H,12-14H2,1-2H3,(H,25,29)(H,26,27,30)/t16-/m1/s1. The number of rotatable bonds is 8. The number of benzene rings is 2. The first-order valence-electron chi connectivity index (χ1n) is 10.6. The summed E-state index contributed by atoms with van der Waals surface area (Å²) in [5.41, 5.74) is 3.45. The molecule has 0 radical (unpaired) electrons. The van der Waals surface area contributed by atoms with Gasteiger partial charge in [-0.15, -0.1) is 0 Å². The lowest BCUT2D eigenvalue weighted by molar-refractivity contribution is -0.119. The lowest BCUT2D eigenvalue weighted by Crippen LogP contribution is -2.34. The van der Waals surface area contributed by atoms with Gasteiger partial charge >= 0.3 is 0 Å². The van der Waals surface area contributed by atoms with Crippen molar-refractivity contribution in [1.82, 2.24) is 19.9 Å². The summed E-state index contributed by atoms with van der Waals surface area (Å²) in [6.07, 6.45) is 1.76. The second-order valence-corrected chi connectivity index (χ2v) is 10.4. The molecule has 4 rings (SSSR count). The van der Waals surface area contributed by atoms with E-state index in [1.165, 1.54) is 28.7 Å². The zero-order valence-electron chi connectivity index (χ0n) is 18.3. The van der Waals surface area contributed by atoms with Gasteiger partial charge in [0, 0.05) is 6.04 Å². The number of hydrogen-bond acceptors (Lipinski definition) is 6. The number of carbonyl (C=O) groups is 1. The molecule has 2 aromatic heterocycles. The molecule has 170 valence electrons. The van der Waals surface area contributed by atoms with Crippen LogP contribution < -0.4 is 10.9 Å². The maximum Gasteiger partial charge on any atom is 0.271 e. The fraction of sp³-hybridized carbons (Fsp3) is 0.250. The van der Waals surface area contributed by atoms with Gasteiger partial charge in [-0.2, -0.15) is 0 Å². The molecule has 4 aromatic rings. The molecule has 6 nitrogen and oxygen atoms in total. The third-order valence-corrected chi connectivity index (χ3v) is 7.47. The van der Waals surface area contributed by atoms with Gasteiger partial charge in [0.05, 0.1) is 11.4 Å². The molecule has 0 saturated heterocycles. The van der Waals surface area contributed by atoms with Gasteiger partial charge in [-0.1, -0.05) is 71.6 Å². The van der Waals surface area contributed by atoms with Gasteiger partial charge in [0.2, 0.25) is 5.91 Å². The van der Waals surface area contributed by atoms with E-state index >= 15 is 0 Å². The monoisotopic (exact) mass is 496 g/mol. The van der Waals surface area contributed by atoms with Crippen LogP contribution in [0.3, 0.4) is 0 Å². The Kier molecular flexibility index (Phi) is 7.42. The minimum absolute atomic E-state index is 0.0515. The van der Waals surface area contributed by atoms with Crippen LogP contribution in [0.1, 0.15) is 24.5 Å². The molecule has 0 aliphatic rings. The van der Waals surface area contributed by atoms with Crippen molar-refractivity contribution in [1.29, 1.82) is 0 Å². The number of para-hydroxylation sites is 1. The molecule has 2 heterocycles. The minimum Gasteiger partial charge on any atom is -0.353 e. The fourth-order valence-corrected chi connectivity index (χ4v) is 5.46. The number of aryl methyl sites for hydroxylation is 2. The summed E-state index contributed by atoms with van der Waals surface area (Å²) in [6, 6.07) is 18.1. The summed E-state index contributed by atoms with van der Waals surface area (Å²) in [5, 5.41) is 3.42. The molecule has 33 heavy (non-hydrogen) atoms. The number of nitrogens with one attached hydrogen (secondary N) is 2. The minimum atomic E-state index is -0.248. The topological polar surface area (TPSA) is 79.8 Å². The van der Waals surface area contributed by atoms with Gasteiger partial charge in [-0.25, -0.2) is 4.98 Å². The van der Waals surface area contributed by atoms with Crippen LogP contribution in [0.5, 0.6) is 0 Å². The van der Waals surface area contributed by atoms with Gasteiger partial charge in [-0.3, -0.25) is 14.2 Å². The molecule has 9 heteroatoms. The van der Waals surface area contributed by atoms with Crippen molar-refractivity contribution in [3.05, 3.63) is 80.0 Å². The van der Waals surface area contributed by atoms with Crippen molar-refractivity contribution in [3.63, 3.8) is 0 Å². The number of nitrogens with zero attached hydrogens (tertiary/aromatic N) is 2. The maximum atomic E-state index is 12.7. The Morgan fingerprint density at radius 1 is 1.21 bits per heavy atom. The molecule has 0 aliphatic heterocycles. The Bertz CT molecular complexity index is 1390. The molecular formula is C24H24N4O2S3. The fourth-order valence-electron chi connectivity index (χ4n) is 3.54. The summed E-state index contributed by atoms with van der Waals surface area (Å²) in [5.74, 6) is 0.0728. The number of thioether (sulfide) groups is 1. The zero-order valence-corrected chi connectivity index (χ0v) is 20.8. The molecule has 0 bridgehead atoms. The Labute approximate surface area is 205 Å². The van der Waals surface area contributed by atoms with Gasteiger partial charge in [0.1, 0.15) is 4.70 Å². The van der Waals surface area contributed by atoms with E-state index in [2.05, 4.69) is 27.4 Å². The second-order valence-electron chi connectivity index (χ2n) is 7.80. The highest BCUT2D eigenvalue weighted by Gasteiger charge is 2.16. The second kappa shape index (κ2) is 10.5. The Morgan fingerprint density at radius 3 is 2.70 bits per heavy atom. The first-order valence-corrected chi connectivity index (χ1v) is 12.8. The van der Waals surface area contributed by atoms with Crippen molar-refractivity contribution in [2.24, 2.45) is 0 Å². The van der Waals surface area contributed by atoms with Crippen LogP contribution in [0, 0.1) is 10.9 Å². The smallest absolute Gasteiger partial charge is 0.271 e. The molecule has 0 fully saturated rings. The molecule has 1 atom stereocenters. The predicted molar refractivity (Wildman–Crippen MR) is 138 cm³/mol. The van der Waals surface area contributed by atoms with Gasteiger partial charge in [-0.05, 0) is 56.1 Å². The molecule has 2 N–H and O–H groups in total. The van der Waals surface area contributed by atoms with Crippen LogP contribution in [0.25, 0.3) is 16.0 Å². The number of amides is 1. The average molecular weight is 497 g/mol. The summed E-state index contributed by atoms with van der Waals surface area (Å²) in [6.45, 7) is 3.99. The first-order chi connectivity index (χ1) is 15.9. The third kappa shape index (κ3) is 5.61. The van der Waals surface area contributed by atoms with Gasteiger partial charge < -0.3 is 10.3 Å². The van der Waals surface area contributed by atoms with Gasteiger partial charge in [0.15, 0.2) is 14.8 Å². The normalized spacial score (nSPS) is 12.1. The highest BCUT2D eigenvalue weighted by Crippen LogP contribution is 2.26. The average Bonchev–Trinajstić information content (AvgIpc) is 3.14. The van der Waals surface area contributed by atoms with Gasteiger partial charge in [0.25, 0.3) is 5.56 Å². The Morgan fingerprint density at radius 2 is 1.94 bits per heavy atom. The molecule has 2 aromatic carbocycles. The molecule has 0 aliphatic carbocycles. The van der Waals surface area contributed by atoms with E-state index in [0.29, 0.717) is 19.5 Å².